The highest BCUT2D eigenvalue weighted by molar-refractivity contribution is 4.82. The van der Waals surface area contributed by atoms with Gasteiger partial charge in [0.25, 0.3) is 0 Å². The molecular formula is C11H21N. The molecular weight excluding hydrogens is 146 g/mol. The monoisotopic (exact) mass is 167 g/mol. The Kier molecular flexibility index (Phi) is 4.37. The van der Waals surface area contributed by atoms with Gasteiger partial charge < -0.3 is 5.32 Å². The number of unbranched alkanes of at least 4 members (excludes halogenated alkanes) is 1. The maximum atomic E-state index is 3.74. The Bertz CT molecular complexity index is 127. The summed E-state index contributed by atoms with van der Waals surface area (Å²) in [5.41, 5.74) is 0. The van der Waals surface area contributed by atoms with E-state index in [9.17, 15) is 0 Å². The predicted octanol–water partition coefficient (Wildman–Crippen LogP) is 2.73. The van der Waals surface area contributed by atoms with Crippen LogP contribution in [0.25, 0.3) is 0 Å². The molecule has 0 heterocycles. The van der Waals surface area contributed by atoms with Crippen LogP contribution in [0.5, 0.6) is 0 Å². The van der Waals surface area contributed by atoms with E-state index in [2.05, 4.69) is 18.9 Å². The van der Waals surface area contributed by atoms with Crippen molar-refractivity contribution in [2.45, 2.75) is 44.6 Å². The number of nitrogens with one attached hydrogen (secondary N) is 1. The van der Waals surface area contributed by atoms with Crippen molar-refractivity contribution in [1.29, 1.82) is 0 Å². The third kappa shape index (κ3) is 2.63. The van der Waals surface area contributed by atoms with Crippen molar-refractivity contribution in [3.63, 3.8) is 0 Å². The van der Waals surface area contributed by atoms with Crippen LogP contribution in [0.1, 0.15) is 38.5 Å². The highest BCUT2D eigenvalue weighted by atomic mass is 14.9. The van der Waals surface area contributed by atoms with Crippen LogP contribution in [-0.2, 0) is 0 Å². The van der Waals surface area contributed by atoms with Crippen molar-refractivity contribution < 1.29 is 0 Å². The zero-order valence-corrected chi connectivity index (χ0v) is 8.18. The molecule has 1 heteroatoms. The molecule has 0 aromatic rings. The van der Waals surface area contributed by atoms with Gasteiger partial charge in [0.1, 0.15) is 0 Å². The minimum atomic E-state index is 0.777. The lowest BCUT2D eigenvalue weighted by Crippen LogP contribution is -2.37. The molecule has 0 amide bonds. The van der Waals surface area contributed by atoms with E-state index >= 15 is 0 Å². The maximum Gasteiger partial charge on any atom is 0.00924 e. The minimum Gasteiger partial charge on any atom is -0.317 e. The fraction of sp³-hybridized carbons (Fsp3) is 0.818. The van der Waals surface area contributed by atoms with E-state index in [1.807, 2.05) is 6.08 Å². The molecule has 0 bridgehead atoms. The lowest BCUT2D eigenvalue weighted by molar-refractivity contribution is 0.225. The molecule has 1 aliphatic carbocycles. The summed E-state index contributed by atoms with van der Waals surface area (Å²) in [5, 5.41) is 3.43. The Balaban J connectivity index is 2.11. The van der Waals surface area contributed by atoms with Gasteiger partial charge in [0.2, 0.25) is 0 Å². The summed E-state index contributed by atoms with van der Waals surface area (Å²) in [7, 11) is 2.09. The average Bonchev–Trinajstić information content (AvgIpc) is 1.99. The second kappa shape index (κ2) is 5.36. The van der Waals surface area contributed by atoms with Crippen molar-refractivity contribution in [2.24, 2.45) is 5.92 Å². The largest absolute Gasteiger partial charge is 0.317 e. The third-order valence-corrected chi connectivity index (χ3v) is 3.01. The minimum absolute atomic E-state index is 0.777. The first-order chi connectivity index (χ1) is 5.88. The van der Waals surface area contributed by atoms with Crippen LogP contribution >= 0.6 is 0 Å². The van der Waals surface area contributed by atoms with Crippen LogP contribution in [0.3, 0.4) is 0 Å². The molecule has 1 saturated carbocycles. The van der Waals surface area contributed by atoms with Crippen LogP contribution in [-0.4, -0.2) is 13.1 Å². The number of hydrogen-bond acceptors (Lipinski definition) is 1. The normalized spacial score (nSPS) is 20.1. The van der Waals surface area contributed by atoms with E-state index < -0.39 is 0 Å². The molecule has 1 unspecified atom stereocenters. The number of allylic oxidation sites excluding steroid dienone is 1. The summed E-state index contributed by atoms with van der Waals surface area (Å²) in [6.45, 7) is 3.74. The van der Waals surface area contributed by atoms with E-state index in [-0.39, 0.29) is 0 Å². The van der Waals surface area contributed by atoms with E-state index in [4.69, 9.17) is 0 Å². The second-order valence-electron chi connectivity index (χ2n) is 3.81. The maximum absolute atomic E-state index is 3.74. The molecule has 12 heavy (non-hydrogen) atoms. The Morgan fingerprint density at radius 1 is 1.58 bits per heavy atom. The molecule has 0 aromatic carbocycles. The molecule has 0 aliphatic heterocycles. The molecule has 0 aromatic heterocycles. The van der Waals surface area contributed by atoms with Gasteiger partial charge in [-0.2, -0.15) is 0 Å². The molecule has 1 N–H and O–H groups in total. The average molecular weight is 167 g/mol. The Hall–Kier alpha value is -0.300. The summed E-state index contributed by atoms with van der Waals surface area (Å²) >= 11 is 0. The second-order valence-corrected chi connectivity index (χ2v) is 3.81. The first kappa shape index (κ1) is 9.79. The summed E-state index contributed by atoms with van der Waals surface area (Å²) < 4.78 is 0. The SMILES string of the molecule is C=CCCCC(NC)C1CCC1. The first-order valence-electron chi connectivity index (χ1n) is 5.16. The molecule has 1 aliphatic rings. The summed E-state index contributed by atoms with van der Waals surface area (Å²) in [5.74, 6) is 0.972. The van der Waals surface area contributed by atoms with Crippen LogP contribution in [0, 0.1) is 5.92 Å². The van der Waals surface area contributed by atoms with E-state index in [1.165, 1.54) is 38.5 Å². The molecule has 1 atom stereocenters. The smallest absolute Gasteiger partial charge is 0.00924 e. The van der Waals surface area contributed by atoms with Crippen LogP contribution in [0.4, 0.5) is 0 Å². The van der Waals surface area contributed by atoms with Crippen molar-refractivity contribution >= 4 is 0 Å². The fourth-order valence-electron chi connectivity index (χ4n) is 1.94. The van der Waals surface area contributed by atoms with Gasteiger partial charge in [0.05, 0.1) is 0 Å². The van der Waals surface area contributed by atoms with Gasteiger partial charge in [-0.05, 0) is 45.1 Å². The zero-order valence-electron chi connectivity index (χ0n) is 8.18. The van der Waals surface area contributed by atoms with Crippen LogP contribution < -0.4 is 5.32 Å². The molecule has 1 rings (SSSR count). The number of hydrogen-bond donors (Lipinski definition) is 1. The van der Waals surface area contributed by atoms with Gasteiger partial charge in [0, 0.05) is 6.04 Å². The molecule has 0 spiro atoms. The molecule has 0 radical (unpaired) electrons. The van der Waals surface area contributed by atoms with Crippen molar-refractivity contribution in [3.8, 4) is 0 Å². The summed E-state index contributed by atoms with van der Waals surface area (Å²) in [6.07, 6.45) is 10.2. The zero-order chi connectivity index (χ0) is 8.81. The van der Waals surface area contributed by atoms with Gasteiger partial charge >= 0.3 is 0 Å². The van der Waals surface area contributed by atoms with Crippen LogP contribution in [0.15, 0.2) is 12.7 Å². The van der Waals surface area contributed by atoms with Gasteiger partial charge in [-0.15, -0.1) is 6.58 Å². The first-order valence-corrected chi connectivity index (χ1v) is 5.16. The molecule has 1 nitrogen and oxygen atoms in total. The summed E-state index contributed by atoms with van der Waals surface area (Å²) in [4.78, 5) is 0. The topological polar surface area (TPSA) is 12.0 Å². The quantitative estimate of drug-likeness (QED) is 0.474. The van der Waals surface area contributed by atoms with Gasteiger partial charge in [-0.25, -0.2) is 0 Å². The van der Waals surface area contributed by atoms with Gasteiger partial charge in [0.15, 0.2) is 0 Å². The van der Waals surface area contributed by atoms with Gasteiger partial charge in [-0.1, -0.05) is 12.5 Å². The third-order valence-electron chi connectivity index (χ3n) is 3.01. The lowest BCUT2D eigenvalue weighted by Gasteiger charge is -2.33. The molecule has 1 fully saturated rings. The van der Waals surface area contributed by atoms with E-state index in [0.29, 0.717) is 0 Å². The highest BCUT2D eigenvalue weighted by Crippen LogP contribution is 2.31. The van der Waals surface area contributed by atoms with E-state index in [1.54, 1.807) is 0 Å². The van der Waals surface area contributed by atoms with Crippen molar-refractivity contribution in [1.82, 2.24) is 5.32 Å². The predicted molar refractivity (Wildman–Crippen MR) is 54.2 cm³/mol. The van der Waals surface area contributed by atoms with Gasteiger partial charge in [-0.3, -0.25) is 0 Å². The molecule has 0 saturated heterocycles. The summed E-state index contributed by atoms with van der Waals surface area (Å²) in [6, 6.07) is 0.777. The standard InChI is InChI=1S/C11H21N/c1-3-4-5-9-11(12-2)10-7-6-8-10/h3,10-12H,1,4-9H2,2H3. The van der Waals surface area contributed by atoms with Crippen molar-refractivity contribution in [3.05, 3.63) is 12.7 Å². The molecule has 70 valence electrons. The Morgan fingerprint density at radius 3 is 2.75 bits per heavy atom. The van der Waals surface area contributed by atoms with Crippen molar-refractivity contribution in [2.75, 3.05) is 7.05 Å². The highest BCUT2D eigenvalue weighted by Gasteiger charge is 2.25. The fourth-order valence-corrected chi connectivity index (χ4v) is 1.94. The Labute approximate surface area is 76.2 Å². The van der Waals surface area contributed by atoms with Crippen LogP contribution in [0.2, 0.25) is 0 Å². The van der Waals surface area contributed by atoms with E-state index in [0.717, 1.165) is 12.0 Å². The lowest BCUT2D eigenvalue weighted by atomic mass is 9.78. The Morgan fingerprint density at radius 2 is 2.33 bits per heavy atom. The number of rotatable bonds is 6.